The summed E-state index contributed by atoms with van der Waals surface area (Å²) in [7, 11) is 1.49. The van der Waals surface area contributed by atoms with Crippen LogP contribution in [0, 0.1) is 11.7 Å². The lowest BCUT2D eigenvalue weighted by molar-refractivity contribution is 0.0940. The van der Waals surface area contributed by atoms with Crippen LogP contribution in [0.5, 0.6) is 5.75 Å². The van der Waals surface area contributed by atoms with Crippen LogP contribution in [-0.4, -0.2) is 37.4 Å². The predicted octanol–water partition coefficient (Wildman–Crippen LogP) is 2.36. The fourth-order valence-corrected chi connectivity index (χ4v) is 2.36. The van der Waals surface area contributed by atoms with Crippen molar-refractivity contribution in [1.29, 1.82) is 0 Å². The van der Waals surface area contributed by atoms with E-state index in [0.29, 0.717) is 23.8 Å². The van der Waals surface area contributed by atoms with Crippen molar-refractivity contribution in [2.45, 2.75) is 13.3 Å². The van der Waals surface area contributed by atoms with Crippen LogP contribution in [0.2, 0.25) is 0 Å². The van der Waals surface area contributed by atoms with Gasteiger partial charge >= 0.3 is 0 Å². The minimum Gasteiger partial charge on any atom is -0.496 e. The molecule has 0 aromatic heterocycles. The zero-order chi connectivity index (χ0) is 13.1. The number of nitrogens with zero attached hydrogens (tertiary/aromatic N) is 1. The van der Waals surface area contributed by atoms with Gasteiger partial charge in [0, 0.05) is 6.54 Å². The van der Waals surface area contributed by atoms with Gasteiger partial charge < -0.3 is 4.74 Å². The summed E-state index contributed by atoms with van der Waals surface area (Å²) in [6.07, 6.45) is 1.12. The number of carbonyl (C=O) groups is 1. The lowest BCUT2D eigenvalue weighted by atomic mass is 10.1. The van der Waals surface area contributed by atoms with E-state index in [1.54, 1.807) is 0 Å². The quantitative estimate of drug-likeness (QED) is 0.769. The van der Waals surface area contributed by atoms with Crippen LogP contribution in [0.1, 0.15) is 23.7 Å². The second-order valence-corrected chi connectivity index (χ2v) is 4.90. The van der Waals surface area contributed by atoms with Crippen molar-refractivity contribution in [2.24, 2.45) is 5.92 Å². The molecule has 1 heterocycles. The summed E-state index contributed by atoms with van der Waals surface area (Å²) in [5.74, 6) is 0.579. The van der Waals surface area contributed by atoms with E-state index < -0.39 is 5.82 Å². The molecule has 0 N–H and O–H groups in total. The standard InChI is InChI=1S/C14H18FNO2/c1-10-5-6-16(8-10)9-13(17)12-7-11(15)3-4-14(12)18-2/h3-4,7,10H,5-6,8-9H2,1-2H3. The van der Waals surface area contributed by atoms with Crippen molar-refractivity contribution in [1.82, 2.24) is 4.90 Å². The van der Waals surface area contributed by atoms with Gasteiger partial charge in [-0.2, -0.15) is 0 Å². The molecule has 1 saturated heterocycles. The Morgan fingerprint density at radius 2 is 2.33 bits per heavy atom. The molecule has 1 aromatic rings. The molecule has 0 spiro atoms. The molecule has 18 heavy (non-hydrogen) atoms. The first-order valence-corrected chi connectivity index (χ1v) is 6.19. The smallest absolute Gasteiger partial charge is 0.180 e. The molecule has 1 unspecified atom stereocenters. The summed E-state index contributed by atoms with van der Waals surface area (Å²) in [5, 5.41) is 0. The number of rotatable bonds is 4. The Morgan fingerprint density at radius 3 is 2.94 bits per heavy atom. The zero-order valence-electron chi connectivity index (χ0n) is 10.8. The molecule has 98 valence electrons. The molecule has 1 atom stereocenters. The molecular weight excluding hydrogens is 233 g/mol. The number of benzene rings is 1. The third-order valence-corrected chi connectivity index (χ3v) is 3.34. The van der Waals surface area contributed by atoms with Gasteiger partial charge in [-0.3, -0.25) is 9.69 Å². The Bertz CT molecular complexity index is 447. The first kappa shape index (κ1) is 13.0. The molecule has 0 saturated carbocycles. The minimum absolute atomic E-state index is 0.0829. The Kier molecular flexibility index (Phi) is 3.97. The van der Waals surface area contributed by atoms with Crippen molar-refractivity contribution in [2.75, 3.05) is 26.7 Å². The number of hydrogen-bond donors (Lipinski definition) is 0. The average Bonchev–Trinajstić information content (AvgIpc) is 2.74. The predicted molar refractivity (Wildman–Crippen MR) is 67.5 cm³/mol. The fourth-order valence-electron chi connectivity index (χ4n) is 2.36. The third-order valence-electron chi connectivity index (χ3n) is 3.34. The molecule has 1 fully saturated rings. The third kappa shape index (κ3) is 2.88. The maximum Gasteiger partial charge on any atom is 0.180 e. The number of Topliss-reactive ketones (excluding diaryl/α,β-unsaturated/α-hetero) is 1. The molecule has 2 rings (SSSR count). The number of halogens is 1. The van der Waals surface area contributed by atoms with Crippen molar-refractivity contribution in [3.8, 4) is 5.75 Å². The largest absolute Gasteiger partial charge is 0.496 e. The maximum atomic E-state index is 13.2. The molecule has 0 aliphatic carbocycles. The number of hydrogen-bond acceptors (Lipinski definition) is 3. The van der Waals surface area contributed by atoms with Crippen molar-refractivity contribution < 1.29 is 13.9 Å². The van der Waals surface area contributed by atoms with Gasteiger partial charge in [-0.25, -0.2) is 4.39 Å². The van der Waals surface area contributed by atoms with E-state index in [1.807, 2.05) is 0 Å². The van der Waals surface area contributed by atoms with Crippen LogP contribution in [0.15, 0.2) is 18.2 Å². The highest BCUT2D eigenvalue weighted by atomic mass is 19.1. The van der Waals surface area contributed by atoms with Crippen molar-refractivity contribution in [3.63, 3.8) is 0 Å². The van der Waals surface area contributed by atoms with E-state index in [1.165, 1.54) is 25.3 Å². The first-order valence-electron chi connectivity index (χ1n) is 6.19. The van der Waals surface area contributed by atoms with Crippen LogP contribution in [0.4, 0.5) is 4.39 Å². The van der Waals surface area contributed by atoms with Gasteiger partial charge in [0.1, 0.15) is 11.6 Å². The Hall–Kier alpha value is -1.42. The lowest BCUT2D eigenvalue weighted by Crippen LogP contribution is -2.27. The molecule has 0 bridgehead atoms. The Labute approximate surface area is 107 Å². The minimum atomic E-state index is -0.408. The number of ether oxygens (including phenoxy) is 1. The van der Waals surface area contributed by atoms with Crippen LogP contribution in [0.25, 0.3) is 0 Å². The maximum absolute atomic E-state index is 13.2. The monoisotopic (exact) mass is 251 g/mol. The Balaban J connectivity index is 2.10. The summed E-state index contributed by atoms with van der Waals surface area (Å²) < 4.78 is 18.3. The summed E-state index contributed by atoms with van der Waals surface area (Å²) in [5.41, 5.74) is 0.331. The normalized spacial score (nSPS) is 20.1. The van der Waals surface area contributed by atoms with Gasteiger partial charge in [0.25, 0.3) is 0 Å². The first-order chi connectivity index (χ1) is 8.60. The van der Waals surface area contributed by atoms with Gasteiger partial charge in [0.15, 0.2) is 5.78 Å². The van der Waals surface area contributed by atoms with Crippen molar-refractivity contribution in [3.05, 3.63) is 29.6 Å². The number of methoxy groups -OCH3 is 1. The lowest BCUT2D eigenvalue weighted by Gasteiger charge is -2.15. The van der Waals surface area contributed by atoms with Gasteiger partial charge in [0.05, 0.1) is 19.2 Å². The second-order valence-electron chi connectivity index (χ2n) is 4.90. The molecule has 1 aromatic carbocycles. The number of carbonyl (C=O) groups excluding carboxylic acids is 1. The molecule has 1 aliphatic heterocycles. The van der Waals surface area contributed by atoms with Gasteiger partial charge in [-0.15, -0.1) is 0 Å². The summed E-state index contributed by atoms with van der Waals surface area (Å²) in [6.45, 7) is 4.38. The molecular formula is C14H18FNO2. The second kappa shape index (κ2) is 5.48. The van der Waals surface area contributed by atoms with E-state index in [4.69, 9.17) is 4.74 Å². The molecule has 4 heteroatoms. The van der Waals surface area contributed by atoms with Crippen LogP contribution >= 0.6 is 0 Å². The SMILES string of the molecule is COc1ccc(F)cc1C(=O)CN1CCC(C)C1. The topological polar surface area (TPSA) is 29.5 Å². The van der Waals surface area contributed by atoms with E-state index in [-0.39, 0.29) is 5.78 Å². The highest BCUT2D eigenvalue weighted by Crippen LogP contribution is 2.21. The van der Waals surface area contributed by atoms with E-state index >= 15 is 0 Å². The van der Waals surface area contributed by atoms with Crippen molar-refractivity contribution >= 4 is 5.78 Å². The van der Waals surface area contributed by atoms with Crippen LogP contribution in [-0.2, 0) is 0 Å². The van der Waals surface area contributed by atoms with Crippen LogP contribution < -0.4 is 4.74 Å². The Morgan fingerprint density at radius 1 is 1.56 bits per heavy atom. The van der Waals surface area contributed by atoms with Gasteiger partial charge in [-0.1, -0.05) is 6.92 Å². The summed E-state index contributed by atoms with van der Waals surface area (Å²) in [4.78, 5) is 14.3. The molecule has 0 amide bonds. The summed E-state index contributed by atoms with van der Waals surface area (Å²) >= 11 is 0. The van der Waals surface area contributed by atoms with Crippen LogP contribution in [0.3, 0.4) is 0 Å². The molecule has 1 aliphatic rings. The fraction of sp³-hybridized carbons (Fsp3) is 0.500. The van der Waals surface area contributed by atoms with E-state index in [0.717, 1.165) is 19.5 Å². The molecule has 3 nitrogen and oxygen atoms in total. The van der Waals surface area contributed by atoms with E-state index in [2.05, 4.69) is 11.8 Å². The summed E-state index contributed by atoms with van der Waals surface area (Å²) in [6, 6.07) is 4.05. The highest BCUT2D eigenvalue weighted by molar-refractivity contribution is 6.00. The van der Waals surface area contributed by atoms with E-state index in [9.17, 15) is 9.18 Å². The highest BCUT2D eigenvalue weighted by Gasteiger charge is 2.22. The average molecular weight is 251 g/mol. The van der Waals surface area contributed by atoms with Gasteiger partial charge in [-0.05, 0) is 37.1 Å². The number of likely N-dealkylation sites (tertiary alicyclic amines) is 1. The number of ketones is 1. The zero-order valence-corrected chi connectivity index (χ0v) is 10.8. The van der Waals surface area contributed by atoms with Gasteiger partial charge in [0.2, 0.25) is 0 Å². The molecule has 0 radical (unpaired) electrons.